The Morgan fingerprint density at radius 3 is 2.80 bits per heavy atom. The number of halogens is 1. The van der Waals surface area contributed by atoms with Crippen molar-refractivity contribution in [2.75, 3.05) is 0 Å². The fraction of sp³-hybridized carbons (Fsp3) is 0.273. The highest BCUT2D eigenvalue weighted by atomic mass is 35.5. The highest BCUT2D eigenvalue weighted by molar-refractivity contribution is 7.10. The summed E-state index contributed by atoms with van der Waals surface area (Å²) in [5.41, 5.74) is 0. The standard InChI is InChI=1S/C11H11ClO2S/c1-2-7-3-4-9(14-7)10(13)11-8(12)5-6-15-11/h3-6,10,13H,2H2,1H3. The van der Waals surface area contributed by atoms with Crippen LogP contribution in [0.2, 0.25) is 5.02 Å². The minimum absolute atomic E-state index is 0.552. The van der Waals surface area contributed by atoms with Crippen LogP contribution in [0.3, 0.4) is 0 Å². The van der Waals surface area contributed by atoms with E-state index in [9.17, 15) is 5.11 Å². The first-order valence-corrected chi connectivity index (χ1v) is 5.97. The maximum Gasteiger partial charge on any atom is 0.147 e. The third-order valence-corrected chi connectivity index (χ3v) is 3.60. The summed E-state index contributed by atoms with van der Waals surface area (Å²) in [6, 6.07) is 5.44. The van der Waals surface area contributed by atoms with Crippen LogP contribution in [0.5, 0.6) is 0 Å². The van der Waals surface area contributed by atoms with Crippen molar-refractivity contribution in [3.05, 3.63) is 45.0 Å². The second-order valence-electron chi connectivity index (χ2n) is 3.19. The van der Waals surface area contributed by atoms with Gasteiger partial charge in [0.25, 0.3) is 0 Å². The lowest BCUT2D eigenvalue weighted by atomic mass is 10.2. The van der Waals surface area contributed by atoms with Crippen molar-refractivity contribution in [2.24, 2.45) is 0 Å². The minimum Gasteiger partial charge on any atom is -0.463 e. The summed E-state index contributed by atoms with van der Waals surface area (Å²) in [6.07, 6.45) is 0.0723. The first kappa shape index (κ1) is 10.7. The Hall–Kier alpha value is -0.770. The van der Waals surface area contributed by atoms with Gasteiger partial charge in [-0.3, -0.25) is 0 Å². The molecule has 0 fully saturated rings. The van der Waals surface area contributed by atoms with E-state index in [1.54, 1.807) is 12.1 Å². The number of hydrogen-bond donors (Lipinski definition) is 1. The van der Waals surface area contributed by atoms with E-state index in [1.165, 1.54) is 11.3 Å². The number of furan rings is 1. The van der Waals surface area contributed by atoms with Gasteiger partial charge in [0.05, 0.1) is 9.90 Å². The van der Waals surface area contributed by atoms with Gasteiger partial charge in [0, 0.05) is 6.42 Å². The van der Waals surface area contributed by atoms with Gasteiger partial charge in [-0.1, -0.05) is 18.5 Å². The molecule has 0 aliphatic rings. The number of hydrogen-bond acceptors (Lipinski definition) is 3. The summed E-state index contributed by atoms with van der Waals surface area (Å²) in [5.74, 6) is 1.42. The Bertz CT molecular complexity index is 447. The molecule has 1 N–H and O–H groups in total. The molecule has 0 radical (unpaired) electrons. The molecule has 2 rings (SSSR count). The van der Waals surface area contributed by atoms with Crippen LogP contribution < -0.4 is 0 Å². The van der Waals surface area contributed by atoms with E-state index >= 15 is 0 Å². The molecule has 80 valence electrons. The van der Waals surface area contributed by atoms with Crippen LogP contribution in [-0.2, 0) is 6.42 Å². The smallest absolute Gasteiger partial charge is 0.147 e. The van der Waals surface area contributed by atoms with Crippen LogP contribution in [-0.4, -0.2) is 5.11 Å². The van der Waals surface area contributed by atoms with Crippen molar-refractivity contribution < 1.29 is 9.52 Å². The molecular formula is C11H11ClO2S. The van der Waals surface area contributed by atoms with Crippen LogP contribution in [0.25, 0.3) is 0 Å². The molecule has 0 saturated heterocycles. The average Bonchev–Trinajstić information content (AvgIpc) is 2.84. The van der Waals surface area contributed by atoms with Gasteiger partial charge in [-0.15, -0.1) is 11.3 Å². The summed E-state index contributed by atoms with van der Waals surface area (Å²) >= 11 is 7.36. The van der Waals surface area contributed by atoms with Crippen molar-refractivity contribution in [3.8, 4) is 0 Å². The van der Waals surface area contributed by atoms with Crippen molar-refractivity contribution in [3.63, 3.8) is 0 Å². The van der Waals surface area contributed by atoms with Crippen LogP contribution in [0.1, 0.15) is 29.4 Å². The summed E-state index contributed by atoms with van der Waals surface area (Å²) in [4.78, 5) is 0.730. The summed E-state index contributed by atoms with van der Waals surface area (Å²) < 4.78 is 5.47. The number of aliphatic hydroxyl groups excluding tert-OH is 1. The van der Waals surface area contributed by atoms with Gasteiger partial charge < -0.3 is 9.52 Å². The molecule has 2 nitrogen and oxygen atoms in total. The van der Waals surface area contributed by atoms with E-state index in [2.05, 4.69) is 0 Å². The maximum absolute atomic E-state index is 10.0. The predicted octanol–water partition coefficient (Wildman–Crippen LogP) is 3.64. The number of aryl methyl sites for hydroxylation is 1. The fourth-order valence-electron chi connectivity index (χ4n) is 1.36. The van der Waals surface area contributed by atoms with Crippen molar-refractivity contribution in [1.29, 1.82) is 0 Å². The molecule has 0 spiro atoms. The second-order valence-corrected chi connectivity index (χ2v) is 4.55. The first-order valence-electron chi connectivity index (χ1n) is 4.72. The molecule has 15 heavy (non-hydrogen) atoms. The summed E-state index contributed by atoms with van der Waals surface area (Å²) in [5, 5.41) is 12.4. The predicted molar refractivity (Wildman–Crippen MR) is 61.5 cm³/mol. The third kappa shape index (κ3) is 2.09. The Morgan fingerprint density at radius 1 is 1.47 bits per heavy atom. The van der Waals surface area contributed by atoms with Gasteiger partial charge in [0.15, 0.2) is 0 Å². The molecule has 0 saturated carbocycles. The first-order chi connectivity index (χ1) is 7.22. The quantitative estimate of drug-likeness (QED) is 0.892. The van der Waals surface area contributed by atoms with Crippen LogP contribution in [0.15, 0.2) is 28.0 Å². The van der Waals surface area contributed by atoms with Crippen LogP contribution >= 0.6 is 22.9 Å². The Labute approximate surface area is 97.1 Å². The van der Waals surface area contributed by atoms with Gasteiger partial charge in [-0.2, -0.15) is 0 Å². The normalized spacial score (nSPS) is 13.0. The molecule has 0 bridgehead atoms. The Morgan fingerprint density at radius 2 is 2.27 bits per heavy atom. The number of rotatable bonds is 3. The lowest BCUT2D eigenvalue weighted by Gasteiger charge is -2.05. The van der Waals surface area contributed by atoms with Gasteiger partial charge >= 0.3 is 0 Å². The maximum atomic E-state index is 10.0. The second kappa shape index (κ2) is 4.39. The van der Waals surface area contributed by atoms with E-state index in [-0.39, 0.29) is 0 Å². The van der Waals surface area contributed by atoms with Gasteiger partial charge in [0.1, 0.15) is 17.6 Å². The molecule has 2 aromatic rings. The third-order valence-electron chi connectivity index (χ3n) is 2.19. The molecule has 4 heteroatoms. The average molecular weight is 243 g/mol. The topological polar surface area (TPSA) is 33.4 Å². The van der Waals surface area contributed by atoms with Gasteiger partial charge in [-0.05, 0) is 23.6 Å². The minimum atomic E-state index is -0.752. The number of aliphatic hydroxyl groups is 1. The molecule has 2 aromatic heterocycles. The molecule has 0 amide bonds. The zero-order valence-electron chi connectivity index (χ0n) is 8.24. The monoisotopic (exact) mass is 242 g/mol. The van der Waals surface area contributed by atoms with Crippen molar-refractivity contribution in [2.45, 2.75) is 19.4 Å². The zero-order chi connectivity index (χ0) is 10.8. The van der Waals surface area contributed by atoms with Gasteiger partial charge in [0.2, 0.25) is 0 Å². The molecular weight excluding hydrogens is 232 g/mol. The van der Waals surface area contributed by atoms with E-state index in [4.69, 9.17) is 16.0 Å². The highest BCUT2D eigenvalue weighted by Crippen LogP contribution is 2.33. The highest BCUT2D eigenvalue weighted by Gasteiger charge is 2.18. The molecule has 2 heterocycles. The Balaban J connectivity index is 2.28. The SMILES string of the molecule is CCc1ccc(C(O)c2sccc2Cl)o1. The Kier molecular flexibility index (Phi) is 3.14. The lowest BCUT2D eigenvalue weighted by Crippen LogP contribution is -1.95. The zero-order valence-corrected chi connectivity index (χ0v) is 9.81. The molecule has 0 aromatic carbocycles. The number of thiophene rings is 1. The van der Waals surface area contributed by atoms with Gasteiger partial charge in [-0.25, -0.2) is 0 Å². The van der Waals surface area contributed by atoms with E-state index in [0.717, 1.165) is 17.1 Å². The molecule has 0 aliphatic heterocycles. The molecule has 1 atom stereocenters. The molecule has 0 aliphatic carbocycles. The van der Waals surface area contributed by atoms with Crippen LogP contribution in [0, 0.1) is 0 Å². The molecule has 1 unspecified atom stereocenters. The fourth-order valence-corrected chi connectivity index (χ4v) is 2.51. The van der Waals surface area contributed by atoms with E-state index in [0.29, 0.717) is 10.8 Å². The lowest BCUT2D eigenvalue weighted by molar-refractivity contribution is 0.190. The van der Waals surface area contributed by atoms with Crippen molar-refractivity contribution >= 4 is 22.9 Å². The van der Waals surface area contributed by atoms with E-state index < -0.39 is 6.10 Å². The van der Waals surface area contributed by atoms with E-state index in [1.807, 2.05) is 18.4 Å². The van der Waals surface area contributed by atoms with Crippen LogP contribution in [0.4, 0.5) is 0 Å². The van der Waals surface area contributed by atoms with Crippen molar-refractivity contribution in [1.82, 2.24) is 0 Å². The summed E-state index contributed by atoms with van der Waals surface area (Å²) in [7, 11) is 0. The summed E-state index contributed by atoms with van der Waals surface area (Å²) in [6.45, 7) is 2.01. The largest absolute Gasteiger partial charge is 0.463 e.